The Morgan fingerprint density at radius 2 is 1.94 bits per heavy atom. The van der Waals surface area contributed by atoms with Gasteiger partial charge in [0.2, 0.25) is 0 Å². The summed E-state index contributed by atoms with van der Waals surface area (Å²) in [6.45, 7) is 6.27. The molecule has 1 saturated heterocycles. The molecule has 1 heterocycles. The predicted octanol–water partition coefficient (Wildman–Crippen LogP) is 2.07. The van der Waals surface area contributed by atoms with Crippen LogP contribution in [0.2, 0.25) is 0 Å². The highest BCUT2D eigenvalue weighted by Crippen LogP contribution is 2.72. The predicted molar refractivity (Wildman–Crippen MR) is 114 cm³/mol. The minimum atomic E-state index is -2.07. The molecule has 4 fully saturated rings. The zero-order valence-electron chi connectivity index (χ0n) is 19.6. The lowest BCUT2D eigenvalue weighted by atomic mass is 9.43. The molecule has 33 heavy (non-hydrogen) atoms. The summed E-state index contributed by atoms with van der Waals surface area (Å²) in [4.78, 5) is 37.1. The van der Waals surface area contributed by atoms with Crippen molar-refractivity contribution in [1.29, 1.82) is 0 Å². The monoisotopic (exact) mass is 464 g/mol. The maximum atomic E-state index is 17.4. The van der Waals surface area contributed by atoms with Crippen LogP contribution in [0.3, 0.4) is 0 Å². The van der Waals surface area contributed by atoms with Gasteiger partial charge in [0.25, 0.3) is 0 Å². The van der Waals surface area contributed by atoms with E-state index in [4.69, 9.17) is 9.47 Å². The van der Waals surface area contributed by atoms with Crippen LogP contribution in [0.4, 0.5) is 4.39 Å². The lowest BCUT2D eigenvalue weighted by Crippen LogP contribution is -2.70. The van der Waals surface area contributed by atoms with E-state index in [1.165, 1.54) is 6.08 Å². The molecule has 0 aromatic rings. The summed E-state index contributed by atoms with van der Waals surface area (Å²) in [6.07, 6.45) is 1.15. The number of carbonyl (C=O) groups is 3. The molecule has 0 amide bonds. The SMILES string of the molecule is CC1(C)O[C@@H]2C[C@H]3[C@@H]4CCC5=CC(=O)C(C=O)C[C@]5(C)[C@@]4(F)[C@@H](O)C[C@]3(C)[C@]2(C(=O)CO)O1. The number of ether oxygens (including phenoxy) is 2. The first-order valence-electron chi connectivity index (χ1n) is 11.9. The van der Waals surface area contributed by atoms with Crippen molar-refractivity contribution >= 4 is 17.9 Å². The number of fused-ring (bicyclic) bond motifs is 7. The third kappa shape index (κ3) is 2.56. The first-order chi connectivity index (χ1) is 15.3. The van der Waals surface area contributed by atoms with Crippen molar-refractivity contribution in [3.63, 3.8) is 0 Å². The van der Waals surface area contributed by atoms with Crippen molar-refractivity contribution in [3.8, 4) is 0 Å². The van der Waals surface area contributed by atoms with Gasteiger partial charge in [-0.1, -0.05) is 19.4 Å². The third-order valence-electron chi connectivity index (χ3n) is 9.86. The van der Waals surface area contributed by atoms with E-state index in [0.717, 1.165) is 0 Å². The van der Waals surface area contributed by atoms with Crippen LogP contribution >= 0.6 is 0 Å². The van der Waals surface area contributed by atoms with E-state index >= 15 is 4.39 Å². The van der Waals surface area contributed by atoms with Gasteiger partial charge in [-0.05, 0) is 57.9 Å². The van der Waals surface area contributed by atoms with E-state index in [1.807, 2.05) is 6.92 Å². The maximum absolute atomic E-state index is 17.4. The molecule has 7 nitrogen and oxygen atoms in total. The molecule has 3 saturated carbocycles. The van der Waals surface area contributed by atoms with Gasteiger partial charge in [0.1, 0.15) is 18.6 Å². The number of ketones is 2. The van der Waals surface area contributed by atoms with Crippen LogP contribution in [0.5, 0.6) is 0 Å². The van der Waals surface area contributed by atoms with E-state index < -0.39 is 64.3 Å². The van der Waals surface area contributed by atoms with E-state index in [0.29, 0.717) is 31.1 Å². The fourth-order valence-electron chi connectivity index (χ4n) is 8.52. The number of rotatable bonds is 3. The van der Waals surface area contributed by atoms with Crippen LogP contribution in [0, 0.1) is 28.6 Å². The molecule has 4 aliphatic carbocycles. The fourth-order valence-corrected chi connectivity index (χ4v) is 8.52. The van der Waals surface area contributed by atoms with Gasteiger partial charge >= 0.3 is 0 Å². The molecule has 1 unspecified atom stereocenters. The number of hydrogen-bond acceptors (Lipinski definition) is 7. The van der Waals surface area contributed by atoms with Crippen LogP contribution in [-0.4, -0.2) is 63.9 Å². The van der Waals surface area contributed by atoms with Gasteiger partial charge in [-0.15, -0.1) is 0 Å². The van der Waals surface area contributed by atoms with Crippen molar-refractivity contribution in [2.75, 3.05) is 6.61 Å². The van der Waals surface area contributed by atoms with Crippen molar-refractivity contribution in [2.45, 2.75) is 89.1 Å². The highest BCUT2D eigenvalue weighted by molar-refractivity contribution is 6.02. The van der Waals surface area contributed by atoms with Crippen molar-refractivity contribution < 1.29 is 38.5 Å². The Bertz CT molecular complexity index is 960. The van der Waals surface area contributed by atoms with Gasteiger partial charge in [-0.25, -0.2) is 4.39 Å². The summed E-state index contributed by atoms with van der Waals surface area (Å²) in [5.74, 6) is -3.74. The lowest BCUT2D eigenvalue weighted by Gasteiger charge is -2.64. The number of carbonyl (C=O) groups excluding carboxylic acids is 3. The van der Waals surface area contributed by atoms with Gasteiger partial charge in [0.15, 0.2) is 23.0 Å². The van der Waals surface area contributed by atoms with Gasteiger partial charge in [-0.2, -0.15) is 0 Å². The zero-order chi connectivity index (χ0) is 24.2. The Morgan fingerprint density at radius 3 is 2.58 bits per heavy atom. The molecule has 182 valence electrons. The third-order valence-corrected chi connectivity index (χ3v) is 9.86. The zero-order valence-corrected chi connectivity index (χ0v) is 19.6. The summed E-state index contributed by atoms with van der Waals surface area (Å²) in [7, 11) is 0. The van der Waals surface area contributed by atoms with E-state index in [1.54, 1.807) is 20.8 Å². The van der Waals surface area contributed by atoms with Gasteiger partial charge in [-0.3, -0.25) is 9.59 Å². The molecule has 0 spiro atoms. The molecular formula is C25H33FO7. The summed E-state index contributed by atoms with van der Waals surface area (Å²) >= 11 is 0. The number of allylic oxidation sites excluding steroid dienone is 1. The van der Waals surface area contributed by atoms with Gasteiger partial charge < -0.3 is 24.5 Å². The molecule has 5 aliphatic rings. The summed E-state index contributed by atoms with van der Waals surface area (Å²) < 4.78 is 29.8. The van der Waals surface area contributed by atoms with Crippen molar-refractivity contribution in [2.24, 2.45) is 28.6 Å². The van der Waals surface area contributed by atoms with Crippen LogP contribution < -0.4 is 0 Å². The Balaban J connectivity index is 1.63. The molecule has 0 aromatic carbocycles. The van der Waals surface area contributed by atoms with Crippen LogP contribution in [0.15, 0.2) is 11.6 Å². The van der Waals surface area contributed by atoms with Crippen molar-refractivity contribution in [1.82, 2.24) is 0 Å². The number of hydrogen-bond donors (Lipinski definition) is 2. The smallest absolute Gasteiger partial charge is 0.193 e. The van der Waals surface area contributed by atoms with Crippen LogP contribution in [0.1, 0.15) is 59.8 Å². The quantitative estimate of drug-likeness (QED) is 0.486. The Kier molecular flexibility index (Phi) is 4.80. The average Bonchev–Trinajstić information content (AvgIpc) is 3.15. The molecule has 0 radical (unpaired) electrons. The van der Waals surface area contributed by atoms with E-state index in [9.17, 15) is 24.6 Å². The average molecular weight is 465 g/mol. The molecular weight excluding hydrogens is 431 g/mol. The molecule has 1 aliphatic heterocycles. The fraction of sp³-hybridized carbons (Fsp3) is 0.800. The molecule has 8 heteroatoms. The summed E-state index contributed by atoms with van der Waals surface area (Å²) in [5, 5.41) is 21.3. The second-order valence-electron chi connectivity index (χ2n) is 11.7. The first kappa shape index (κ1) is 23.3. The number of aldehydes is 1. The number of halogens is 1. The second kappa shape index (κ2) is 6.80. The normalized spacial score (nSPS) is 52.3. The Hall–Kier alpha value is -1.48. The van der Waals surface area contributed by atoms with Crippen molar-refractivity contribution in [3.05, 3.63) is 11.6 Å². The number of alkyl halides is 1. The molecule has 5 rings (SSSR count). The van der Waals surface area contributed by atoms with E-state index in [-0.39, 0.29) is 24.5 Å². The van der Waals surface area contributed by atoms with E-state index in [2.05, 4.69) is 0 Å². The number of aliphatic hydroxyl groups excluding tert-OH is 2. The van der Waals surface area contributed by atoms with Crippen LogP contribution in [0.25, 0.3) is 0 Å². The molecule has 0 bridgehead atoms. The largest absolute Gasteiger partial charge is 0.390 e. The lowest BCUT2D eigenvalue weighted by molar-refractivity contribution is -0.252. The number of Topliss-reactive ketones (excluding diaryl/α,β-unsaturated/α-hetero) is 1. The second-order valence-corrected chi connectivity index (χ2v) is 11.7. The maximum Gasteiger partial charge on any atom is 0.193 e. The number of aliphatic hydroxyl groups is 2. The molecule has 2 N–H and O–H groups in total. The summed E-state index contributed by atoms with van der Waals surface area (Å²) in [6, 6.07) is 0. The molecule has 9 atom stereocenters. The highest BCUT2D eigenvalue weighted by atomic mass is 19.1. The Morgan fingerprint density at radius 1 is 1.24 bits per heavy atom. The summed E-state index contributed by atoms with van der Waals surface area (Å²) in [5.41, 5.74) is -5.00. The Labute approximate surface area is 192 Å². The van der Waals surface area contributed by atoms with Gasteiger partial charge in [0.05, 0.1) is 18.1 Å². The van der Waals surface area contributed by atoms with Gasteiger partial charge in [0, 0.05) is 16.7 Å². The first-order valence-corrected chi connectivity index (χ1v) is 11.9. The molecule has 0 aromatic heterocycles. The highest BCUT2D eigenvalue weighted by Gasteiger charge is 2.80. The standard InChI is InChI=1S/C25H33FO7/c1-21(2)32-20-8-16-15-6-5-14-7-17(29)13(11-27)9-22(14,3)24(15,26)18(30)10-23(16,4)25(20,33-21)19(31)12-28/h7,11,13,15-16,18,20,28,30H,5-6,8-10,12H2,1-4H3/t13?,15-,16-,18-,20+,22-,23-,24-,25+/m0/s1. The topological polar surface area (TPSA) is 110 Å². The minimum absolute atomic E-state index is 0.0266. The van der Waals surface area contributed by atoms with Crippen LogP contribution in [-0.2, 0) is 23.9 Å². The minimum Gasteiger partial charge on any atom is -0.390 e.